The Hall–Kier alpha value is -2.70. The van der Waals surface area contributed by atoms with Crippen molar-refractivity contribution in [1.29, 1.82) is 0 Å². The monoisotopic (exact) mass is 322 g/mol. The first-order valence-corrected chi connectivity index (χ1v) is 8.46. The Bertz CT molecular complexity index is 918. The molecule has 0 atom stereocenters. The summed E-state index contributed by atoms with van der Waals surface area (Å²) in [5, 5.41) is 10.0. The smallest absolute Gasteiger partial charge is 0.258 e. The summed E-state index contributed by atoms with van der Waals surface area (Å²) in [7, 11) is 0. The molecule has 0 unspecified atom stereocenters. The molecule has 2 aliphatic carbocycles. The number of aromatic amines is 2. The average molecular weight is 322 g/mol. The first kappa shape index (κ1) is 13.7. The molecule has 3 aromatic rings. The molecular weight excluding hydrogens is 304 g/mol. The van der Waals surface area contributed by atoms with Gasteiger partial charge >= 0.3 is 0 Å². The zero-order chi connectivity index (χ0) is 16.1. The SMILES string of the molecule is O=C(Nc1cn[nH]c1C1CC1)c1ccnc2nc(CC3CC3)[nH]c12. The molecule has 0 saturated heterocycles. The van der Waals surface area contributed by atoms with E-state index in [-0.39, 0.29) is 5.91 Å². The molecule has 3 aromatic heterocycles. The third-order valence-electron chi connectivity index (χ3n) is 4.77. The lowest BCUT2D eigenvalue weighted by Gasteiger charge is -2.05. The maximum Gasteiger partial charge on any atom is 0.258 e. The van der Waals surface area contributed by atoms with Gasteiger partial charge < -0.3 is 10.3 Å². The lowest BCUT2D eigenvalue weighted by molar-refractivity contribution is 0.102. The van der Waals surface area contributed by atoms with Crippen LogP contribution < -0.4 is 5.32 Å². The zero-order valence-electron chi connectivity index (χ0n) is 13.2. The van der Waals surface area contributed by atoms with Gasteiger partial charge in [-0.1, -0.05) is 0 Å². The second-order valence-electron chi connectivity index (χ2n) is 6.81. The van der Waals surface area contributed by atoms with Gasteiger partial charge in [0.15, 0.2) is 5.65 Å². The van der Waals surface area contributed by atoms with E-state index in [1.54, 1.807) is 18.5 Å². The summed E-state index contributed by atoms with van der Waals surface area (Å²) in [5.41, 5.74) is 3.67. The van der Waals surface area contributed by atoms with Crippen LogP contribution in [0.15, 0.2) is 18.5 Å². The minimum atomic E-state index is -0.160. The first-order valence-electron chi connectivity index (χ1n) is 8.46. The third kappa shape index (κ3) is 2.46. The van der Waals surface area contributed by atoms with Crippen LogP contribution in [0.25, 0.3) is 11.2 Å². The van der Waals surface area contributed by atoms with Gasteiger partial charge in [0.25, 0.3) is 5.91 Å². The Morgan fingerprint density at radius 3 is 2.96 bits per heavy atom. The molecule has 122 valence electrons. The van der Waals surface area contributed by atoms with Crippen molar-refractivity contribution in [2.75, 3.05) is 5.32 Å². The Kier molecular flexibility index (Phi) is 2.95. The van der Waals surface area contributed by atoms with Crippen LogP contribution >= 0.6 is 0 Å². The molecule has 3 heterocycles. The minimum Gasteiger partial charge on any atom is -0.340 e. The van der Waals surface area contributed by atoms with Crippen LogP contribution in [-0.4, -0.2) is 31.1 Å². The molecule has 5 rings (SSSR count). The predicted octanol–water partition coefficient (Wildman–Crippen LogP) is 2.76. The summed E-state index contributed by atoms with van der Waals surface area (Å²) in [5.74, 6) is 1.99. The number of nitrogens with one attached hydrogen (secondary N) is 3. The molecule has 7 heteroatoms. The molecule has 3 N–H and O–H groups in total. The second kappa shape index (κ2) is 5.15. The molecule has 0 bridgehead atoms. The highest BCUT2D eigenvalue weighted by Crippen LogP contribution is 2.42. The number of pyridine rings is 1. The van der Waals surface area contributed by atoms with Crippen molar-refractivity contribution >= 4 is 22.8 Å². The highest BCUT2D eigenvalue weighted by atomic mass is 16.1. The van der Waals surface area contributed by atoms with Crippen LogP contribution in [0, 0.1) is 5.92 Å². The third-order valence-corrected chi connectivity index (χ3v) is 4.77. The Morgan fingerprint density at radius 2 is 2.17 bits per heavy atom. The number of carbonyl (C=O) groups excluding carboxylic acids is 1. The molecule has 0 spiro atoms. The predicted molar refractivity (Wildman–Crippen MR) is 88.8 cm³/mol. The molecule has 0 aromatic carbocycles. The van der Waals surface area contributed by atoms with Crippen LogP contribution in [-0.2, 0) is 6.42 Å². The fraction of sp³-hybridized carbons (Fsp3) is 0.412. The normalized spacial score (nSPS) is 17.3. The van der Waals surface area contributed by atoms with E-state index < -0.39 is 0 Å². The average Bonchev–Trinajstić information content (AvgIpc) is 3.49. The maximum absolute atomic E-state index is 12.7. The van der Waals surface area contributed by atoms with E-state index in [2.05, 4.69) is 30.5 Å². The van der Waals surface area contributed by atoms with Crippen LogP contribution in [0.3, 0.4) is 0 Å². The summed E-state index contributed by atoms with van der Waals surface area (Å²) in [6.07, 6.45) is 9.08. The van der Waals surface area contributed by atoms with E-state index in [9.17, 15) is 4.79 Å². The fourth-order valence-electron chi connectivity index (χ4n) is 3.11. The van der Waals surface area contributed by atoms with Crippen LogP contribution in [0.5, 0.6) is 0 Å². The lowest BCUT2D eigenvalue weighted by atomic mass is 10.2. The topological polar surface area (TPSA) is 99.3 Å². The van der Waals surface area contributed by atoms with E-state index in [0.717, 1.165) is 42.4 Å². The van der Waals surface area contributed by atoms with Crippen LogP contribution in [0.1, 0.15) is 53.5 Å². The van der Waals surface area contributed by atoms with Crippen molar-refractivity contribution in [3.05, 3.63) is 35.5 Å². The minimum absolute atomic E-state index is 0.160. The quantitative estimate of drug-likeness (QED) is 0.672. The van der Waals surface area contributed by atoms with Crippen LogP contribution in [0.2, 0.25) is 0 Å². The summed E-state index contributed by atoms with van der Waals surface area (Å²) in [6.45, 7) is 0. The van der Waals surface area contributed by atoms with Gasteiger partial charge in [0.1, 0.15) is 5.82 Å². The molecule has 7 nitrogen and oxygen atoms in total. The molecule has 24 heavy (non-hydrogen) atoms. The summed E-state index contributed by atoms with van der Waals surface area (Å²) in [4.78, 5) is 24.8. The van der Waals surface area contributed by atoms with Gasteiger partial charge in [0, 0.05) is 18.5 Å². The van der Waals surface area contributed by atoms with Gasteiger partial charge in [0.2, 0.25) is 0 Å². The Morgan fingerprint density at radius 1 is 1.29 bits per heavy atom. The van der Waals surface area contributed by atoms with E-state index in [0.29, 0.717) is 22.6 Å². The summed E-state index contributed by atoms with van der Waals surface area (Å²) >= 11 is 0. The molecule has 0 aliphatic heterocycles. The number of hydrogen-bond acceptors (Lipinski definition) is 4. The maximum atomic E-state index is 12.7. The highest BCUT2D eigenvalue weighted by molar-refractivity contribution is 6.11. The first-order chi connectivity index (χ1) is 11.8. The Labute approximate surface area is 138 Å². The molecule has 2 fully saturated rings. The number of rotatable bonds is 5. The highest BCUT2D eigenvalue weighted by Gasteiger charge is 2.29. The van der Waals surface area contributed by atoms with Crippen molar-refractivity contribution in [1.82, 2.24) is 25.1 Å². The van der Waals surface area contributed by atoms with Gasteiger partial charge in [-0.3, -0.25) is 9.89 Å². The lowest BCUT2D eigenvalue weighted by Crippen LogP contribution is -2.13. The fourth-order valence-corrected chi connectivity index (χ4v) is 3.11. The van der Waals surface area contributed by atoms with Gasteiger partial charge in [-0.25, -0.2) is 9.97 Å². The van der Waals surface area contributed by atoms with E-state index >= 15 is 0 Å². The summed E-state index contributed by atoms with van der Waals surface area (Å²) in [6, 6.07) is 1.73. The van der Waals surface area contributed by atoms with Gasteiger partial charge in [-0.05, 0) is 37.7 Å². The number of nitrogens with zero attached hydrogens (tertiary/aromatic N) is 3. The van der Waals surface area contributed by atoms with E-state index in [1.165, 1.54) is 12.8 Å². The molecular formula is C17H18N6O. The molecule has 1 amide bonds. The largest absolute Gasteiger partial charge is 0.340 e. The van der Waals surface area contributed by atoms with Crippen molar-refractivity contribution < 1.29 is 4.79 Å². The number of fused-ring (bicyclic) bond motifs is 1. The summed E-state index contributed by atoms with van der Waals surface area (Å²) < 4.78 is 0. The number of amides is 1. The zero-order valence-corrected chi connectivity index (χ0v) is 13.2. The van der Waals surface area contributed by atoms with E-state index in [1.807, 2.05) is 0 Å². The Balaban J connectivity index is 1.45. The standard InChI is InChI=1S/C17H18N6O/c24-17(20-12-8-19-23-14(12)10-3-4-10)11-5-6-18-16-15(11)21-13(22-16)7-9-1-2-9/h5-6,8-10H,1-4,7H2,(H,19,23)(H,20,24)(H,18,21,22). The number of hydrogen-bond donors (Lipinski definition) is 3. The number of anilines is 1. The second-order valence-corrected chi connectivity index (χ2v) is 6.81. The van der Waals surface area contributed by atoms with Gasteiger partial charge in [-0.15, -0.1) is 0 Å². The molecule has 0 radical (unpaired) electrons. The number of carbonyl (C=O) groups is 1. The van der Waals surface area contributed by atoms with Crippen LogP contribution in [0.4, 0.5) is 5.69 Å². The number of H-pyrrole nitrogens is 2. The van der Waals surface area contributed by atoms with Crippen molar-refractivity contribution in [3.8, 4) is 0 Å². The number of aromatic nitrogens is 5. The van der Waals surface area contributed by atoms with E-state index in [4.69, 9.17) is 0 Å². The van der Waals surface area contributed by atoms with Crippen molar-refractivity contribution in [3.63, 3.8) is 0 Å². The van der Waals surface area contributed by atoms with Crippen molar-refractivity contribution in [2.45, 2.75) is 38.0 Å². The molecule has 2 aliphatic rings. The van der Waals surface area contributed by atoms with Gasteiger partial charge in [-0.2, -0.15) is 5.10 Å². The molecule has 2 saturated carbocycles. The van der Waals surface area contributed by atoms with Crippen molar-refractivity contribution in [2.24, 2.45) is 5.92 Å². The number of imidazole rings is 1. The van der Waals surface area contributed by atoms with Gasteiger partial charge in [0.05, 0.1) is 28.7 Å².